The summed E-state index contributed by atoms with van der Waals surface area (Å²) in [4.78, 5) is 19.1. The molecule has 1 amide bonds. The van der Waals surface area contributed by atoms with Gasteiger partial charge in [0.1, 0.15) is 0 Å². The first kappa shape index (κ1) is 19.7. The first-order valence-electron chi connectivity index (χ1n) is 11.3. The van der Waals surface area contributed by atoms with E-state index in [0.29, 0.717) is 19.4 Å². The average Bonchev–Trinajstić information content (AvgIpc) is 3.46. The van der Waals surface area contributed by atoms with Gasteiger partial charge < -0.3 is 25.1 Å². The van der Waals surface area contributed by atoms with Crippen molar-refractivity contribution in [2.24, 2.45) is 0 Å². The van der Waals surface area contributed by atoms with E-state index in [0.717, 1.165) is 45.9 Å². The summed E-state index contributed by atoms with van der Waals surface area (Å²) in [5, 5.41) is 1.22. The average molecular weight is 440 g/mol. The standard InChI is InChI=1S/C27H25N3O3/c28-21-7-3-1-5-17(21)10-12-25(31)30-14-13-20-19-6-2-4-8-22(19)29-26(20)27(30)18-9-11-23-24(15-18)33-16-32-23/h1-9,11,15,27,29H,10,12-14,16,28H2. The number of carbonyl (C=O) groups is 1. The highest BCUT2D eigenvalue weighted by Crippen LogP contribution is 2.42. The molecule has 0 aliphatic carbocycles. The minimum Gasteiger partial charge on any atom is -0.454 e. The predicted octanol–water partition coefficient (Wildman–Crippen LogP) is 4.59. The number of nitrogens with zero attached hydrogens (tertiary/aromatic N) is 1. The van der Waals surface area contributed by atoms with Gasteiger partial charge in [-0.25, -0.2) is 0 Å². The highest BCUT2D eigenvalue weighted by molar-refractivity contribution is 5.86. The first-order chi connectivity index (χ1) is 16.2. The van der Waals surface area contributed by atoms with E-state index < -0.39 is 0 Å². The Kier molecular flexibility index (Phi) is 4.72. The molecule has 2 aliphatic rings. The van der Waals surface area contributed by atoms with Crippen LogP contribution in [0.5, 0.6) is 11.5 Å². The number of fused-ring (bicyclic) bond motifs is 4. The number of anilines is 1. The van der Waals surface area contributed by atoms with Gasteiger partial charge in [-0.15, -0.1) is 0 Å². The van der Waals surface area contributed by atoms with Gasteiger partial charge in [-0.05, 0) is 53.8 Å². The number of para-hydroxylation sites is 2. The van der Waals surface area contributed by atoms with E-state index in [2.05, 4.69) is 23.2 Å². The molecule has 1 unspecified atom stereocenters. The summed E-state index contributed by atoms with van der Waals surface area (Å²) in [6.07, 6.45) is 1.85. The van der Waals surface area contributed by atoms with Crippen LogP contribution in [0.1, 0.15) is 34.8 Å². The van der Waals surface area contributed by atoms with Crippen LogP contribution in [0.4, 0.5) is 5.69 Å². The second-order valence-corrected chi connectivity index (χ2v) is 8.61. The van der Waals surface area contributed by atoms with Crippen LogP contribution in [0.25, 0.3) is 10.9 Å². The molecule has 0 bridgehead atoms. The number of nitrogens with one attached hydrogen (secondary N) is 1. The van der Waals surface area contributed by atoms with Gasteiger partial charge in [0.25, 0.3) is 0 Å². The minimum absolute atomic E-state index is 0.116. The molecule has 1 atom stereocenters. The molecule has 3 aromatic carbocycles. The molecule has 6 rings (SSSR count). The molecule has 0 radical (unpaired) electrons. The number of amides is 1. The number of nitrogen functional groups attached to an aromatic ring is 1. The molecule has 0 fully saturated rings. The lowest BCUT2D eigenvalue weighted by Gasteiger charge is -2.36. The number of benzene rings is 3. The lowest BCUT2D eigenvalue weighted by Crippen LogP contribution is -2.40. The van der Waals surface area contributed by atoms with Crippen LogP contribution in [0.2, 0.25) is 0 Å². The summed E-state index contributed by atoms with van der Waals surface area (Å²) < 4.78 is 11.2. The van der Waals surface area contributed by atoms with Crippen LogP contribution < -0.4 is 15.2 Å². The molecule has 6 nitrogen and oxygen atoms in total. The van der Waals surface area contributed by atoms with E-state index in [1.807, 2.05) is 53.4 Å². The third kappa shape index (κ3) is 3.39. The topological polar surface area (TPSA) is 80.6 Å². The monoisotopic (exact) mass is 439 g/mol. The van der Waals surface area contributed by atoms with Crippen LogP contribution in [0.3, 0.4) is 0 Å². The van der Waals surface area contributed by atoms with E-state index in [1.165, 1.54) is 10.9 Å². The van der Waals surface area contributed by atoms with Gasteiger partial charge in [0.05, 0.1) is 6.04 Å². The van der Waals surface area contributed by atoms with Gasteiger partial charge in [0.2, 0.25) is 12.7 Å². The van der Waals surface area contributed by atoms with Crippen molar-refractivity contribution >= 4 is 22.5 Å². The number of rotatable bonds is 4. The van der Waals surface area contributed by atoms with Crippen molar-refractivity contribution in [2.45, 2.75) is 25.3 Å². The summed E-state index contributed by atoms with van der Waals surface area (Å²) in [7, 11) is 0. The summed E-state index contributed by atoms with van der Waals surface area (Å²) in [6, 6.07) is 21.8. The molecule has 2 aliphatic heterocycles. The third-order valence-electron chi connectivity index (χ3n) is 6.73. The van der Waals surface area contributed by atoms with Crippen molar-refractivity contribution in [3.05, 3.63) is 89.1 Å². The summed E-state index contributed by atoms with van der Waals surface area (Å²) in [6.45, 7) is 0.888. The zero-order valence-electron chi connectivity index (χ0n) is 18.2. The number of nitrogens with two attached hydrogens (primary N) is 1. The molecular formula is C27H25N3O3. The third-order valence-corrected chi connectivity index (χ3v) is 6.73. The minimum atomic E-state index is -0.212. The van der Waals surface area contributed by atoms with Crippen LogP contribution in [0, 0.1) is 0 Å². The zero-order valence-corrected chi connectivity index (χ0v) is 18.2. The number of hydrogen-bond donors (Lipinski definition) is 2. The Hall–Kier alpha value is -3.93. The van der Waals surface area contributed by atoms with Crippen molar-refractivity contribution in [1.29, 1.82) is 0 Å². The predicted molar refractivity (Wildman–Crippen MR) is 127 cm³/mol. The van der Waals surface area contributed by atoms with Gasteiger partial charge >= 0.3 is 0 Å². The fourth-order valence-electron chi connectivity index (χ4n) is 5.09. The van der Waals surface area contributed by atoms with E-state index in [4.69, 9.17) is 15.2 Å². The highest BCUT2D eigenvalue weighted by atomic mass is 16.7. The molecular weight excluding hydrogens is 414 g/mol. The molecule has 3 heterocycles. The second kappa shape index (κ2) is 7.89. The van der Waals surface area contributed by atoms with E-state index in [1.54, 1.807) is 0 Å². The van der Waals surface area contributed by atoms with Gasteiger partial charge in [0.15, 0.2) is 11.5 Å². The number of H-pyrrole nitrogens is 1. The molecule has 0 saturated heterocycles. The zero-order chi connectivity index (χ0) is 22.4. The highest BCUT2D eigenvalue weighted by Gasteiger charge is 2.35. The lowest BCUT2D eigenvalue weighted by molar-refractivity contribution is -0.133. The number of ether oxygens (including phenoxy) is 2. The normalized spacial score (nSPS) is 16.7. The van der Waals surface area contributed by atoms with Crippen molar-refractivity contribution in [1.82, 2.24) is 9.88 Å². The van der Waals surface area contributed by atoms with Crippen molar-refractivity contribution < 1.29 is 14.3 Å². The number of aromatic nitrogens is 1. The molecule has 33 heavy (non-hydrogen) atoms. The largest absolute Gasteiger partial charge is 0.454 e. The first-order valence-corrected chi connectivity index (χ1v) is 11.3. The Labute approximate surface area is 191 Å². The van der Waals surface area contributed by atoms with Gasteiger partial charge in [-0.3, -0.25) is 4.79 Å². The maximum Gasteiger partial charge on any atom is 0.231 e. The van der Waals surface area contributed by atoms with Crippen molar-refractivity contribution in [3.63, 3.8) is 0 Å². The van der Waals surface area contributed by atoms with Crippen molar-refractivity contribution in [2.75, 3.05) is 19.1 Å². The van der Waals surface area contributed by atoms with Crippen LogP contribution in [0.15, 0.2) is 66.7 Å². The van der Waals surface area contributed by atoms with Crippen LogP contribution in [-0.2, 0) is 17.6 Å². The quantitative estimate of drug-likeness (QED) is 0.456. The summed E-state index contributed by atoms with van der Waals surface area (Å²) in [5.74, 6) is 1.58. The Morgan fingerprint density at radius 2 is 1.85 bits per heavy atom. The molecule has 6 heteroatoms. The summed E-state index contributed by atoms with van der Waals surface area (Å²) in [5.41, 5.74) is 12.3. The Bertz CT molecular complexity index is 1360. The van der Waals surface area contributed by atoms with Crippen LogP contribution >= 0.6 is 0 Å². The maximum absolute atomic E-state index is 13.5. The van der Waals surface area contributed by atoms with Crippen molar-refractivity contribution in [3.8, 4) is 11.5 Å². The molecule has 166 valence electrons. The molecule has 3 N–H and O–H groups in total. The fourth-order valence-corrected chi connectivity index (χ4v) is 5.09. The lowest BCUT2D eigenvalue weighted by atomic mass is 9.91. The molecule has 4 aromatic rings. The number of hydrogen-bond acceptors (Lipinski definition) is 4. The second-order valence-electron chi connectivity index (χ2n) is 8.61. The van der Waals surface area contributed by atoms with E-state index in [-0.39, 0.29) is 18.7 Å². The number of carbonyl (C=O) groups excluding carboxylic acids is 1. The SMILES string of the molecule is Nc1ccccc1CCC(=O)N1CCc2c([nH]c3ccccc23)C1c1ccc2c(c1)OCO2. The van der Waals surface area contributed by atoms with Gasteiger partial charge in [-0.1, -0.05) is 42.5 Å². The molecule has 0 saturated carbocycles. The summed E-state index contributed by atoms with van der Waals surface area (Å²) >= 11 is 0. The van der Waals surface area contributed by atoms with E-state index in [9.17, 15) is 4.79 Å². The number of aromatic amines is 1. The van der Waals surface area contributed by atoms with Gasteiger partial charge in [-0.2, -0.15) is 0 Å². The van der Waals surface area contributed by atoms with Gasteiger partial charge in [0, 0.05) is 35.2 Å². The Morgan fingerprint density at radius 3 is 2.76 bits per heavy atom. The maximum atomic E-state index is 13.5. The fraction of sp³-hybridized carbons (Fsp3) is 0.222. The molecule has 0 spiro atoms. The Morgan fingerprint density at radius 1 is 1.03 bits per heavy atom. The van der Waals surface area contributed by atoms with Crippen LogP contribution in [-0.4, -0.2) is 29.1 Å². The number of aryl methyl sites for hydroxylation is 1. The smallest absolute Gasteiger partial charge is 0.231 e. The molecule has 1 aromatic heterocycles. The Balaban J connectivity index is 1.38. The van der Waals surface area contributed by atoms with E-state index >= 15 is 0 Å².